The van der Waals surface area contributed by atoms with Crippen LogP contribution in [0.25, 0.3) is 0 Å². The number of rotatable bonds is 6. The summed E-state index contributed by atoms with van der Waals surface area (Å²) in [6, 6.07) is 0.165. The van der Waals surface area contributed by atoms with Gasteiger partial charge in [-0.1, -0.05) is 0 Å². The Labute approximate surface area is 114 Å². The van der Waals surface area contributed by atoms with Crippen molar-refractivity contribution in [1.82, 2.24) is 19.7 Å². The maximum Gasteiger partial charge on any atom is 0.222 e. The van der Waals surface area contributed by atoms with Crippen LogP contribution >= 0.6 is 0 Å². The zero-order valence-electron chi connectivity index (χ0n) is 11.8. The molecule has 1 aliphatic rings. The van der Waals surface area contributed by atoms with E-state index >= 15 is 0 Å². The first-order chi connectivity index (χ1) is 9.08. The number of nitrogens with zero attached hydrogens (tertiary/aromatic N) is 4. The molecule has 6 nitrogen and oxygen atoms in total. The van der Waals surface area contributed by atoms with E-state index in [1.807, 2.05) is 14.0 Å². The molecule has 0 fully saturated rings. The standard InChI is InChI=1S/C13H23N5O/c1-10(14)5-3-7-13(19)17(2)9-12-16-15-11-6-4-8-18(11)12/h10H,3-9,14H2,1-2H3. The number of aromatic nitrogens is 3. The molecular weight excluding hydrogens is 242 g/mol. The Bertz CT molecular complexity index is 440. The summed E-state index contributed by atoms with van der Waals surface area (Å²) in [6.45, 7) is 3.49. The number of fused-ring (bicyclic) bond motifs is 1. The average molecular weight is 265 g/mol. The lowest BCUT2D eigenvalue weighted by molar-refractivity contribution is -0.130. The summed E-state index contributed by atoms with van der Waals surface area (Å²) in [4.78, 5) is 13.7. The second-order valence-corrected chi connectivity index (χ2v) is 5.41. The van der Waals surface area contributed by atoms with Crippen molar-refractivity contribution in [2.75, 3.05) is 7.05 Å². The molecule has 1 aromatic heterocycles. The van der Waals surface area contributed by atoms with Crippen LogP contribution in [0.4, 0.5) is 0 Å². The minimum absolute atomic E-state index is 0.149. The van der Waals surface area contributed by atoms with Gasteiger partial charge in [-0.05, 0) is 26.2 Å². The number of carbonyl (C=O) groups is 1. The summed E-state index contributed by atoms with van der Waals surface area (Å²) >= 11 is 0. The fraction of sp³-hybridized carbons (Fsp3) is 0.769. The minimum Gasteiger partial charge on any atom is -0.338 e. The summed E-state index contributed by atoms with van der Waals surface area (Å²) in [5.74, 6) is 2.10. The van der Waals surface area contributed by atoms with Crippen LogP contribution in [0.5, 0.6) is 0 Å². The molecule has 0 bridgehead atoms. The molecule has 1 unspecified atom stereocenters. The molecule has 1 aliphatic heterocycles. The maximum absolute atomic E-state index is 12.0. The fourth-order valence-electron chi connectivity index (χ4n) is 2.39. The monoisotopic (exact) mass is 265 g/mol. The molecule has 1 amide bonds. The van der Waals surface area contributed by atoms with Crippen LogP contribution in [0.2, 0.25) is 0 Å². The van der Waals surface area contributed by atoms with Gasteiger partial charge in [0.2, 0.25) is 5.91 Å². The second-order valence-electron chi connectivity index (χ2n) is 5.41. The molecule has 0 aliphatic carbocycles. The van der Waals surface area contributed by atoms with Gasteiger partial charge in [0.05, 0.1) is 6.54 Å². The van der Waals surface area contributed by atoms with Crippen LogP contribution in [0.1, 0.15) is 44.3 Å². The Morgan fingerprint density at radius 1 is 1.53 bits per heavy atom. The molecule has 1 atom stereocenters. The molecule has 0 saturated carbocycles. The number of nitrogens with two attached hydrogens (primary N) is 1. The van der Waals surface area contributed by atoms with Gasteiger partial charge in [-0.25, -0.2) is 0 Å². The molecule has 2 rings (SSSR count). The Kier molecular flexibility index (Phi) is 4.52. The fourth-order valence-corrected chi connectivity index (χ4v) is 2.39. The van der Waals surface area contributed by atoms with Crippen molar-refractivity contribution in [2.24, 2.45) is 5.73 Å². The SMILES string of the molecule is CC(N)CCCC(=O)N(C)Cc1nnc2n1CCC2. The highest BCUT2D eigenvalue weighted by molar-refractivity contribution is 5.75. The zero-order chi connectivity index (χ0) is 13.8. The molecule has 0 radical (unpaired) electrons. The Morgan fingerprint density at radius 2 is 2.32 bits per heavy atom. The number of hydrogen-bond donors (Lipinski definition) is 1. The molecule has 2 heterocycles. The molecule has 6 heteroatoms. The van der Waals surface area contributed by atoms with Crippen molar-refractivity contribution in [2.45, 2.75) is 58.2 Å². The van der Waals surface area contributed by atoms with E-state index in [4.69, 9.17) is 5.73 Å². The number of hydrogen-bond acceptors (Lipinski definition) is 4. The van der Waals surface area contributed by atoms with E-state index in [2.05, 4.69) is 14.8 Å². The van der Waals surface area contributed by atoms with Crippen LogP contribution < -0.4 is 5.73 Å². The lowest BCUT2D eigenvalue weighted by Crippen LogP contribution is -2.28. The Hall–Kier alpha value is -1.43. The van der Waals surface area contributed by atoms with Crippen molar-refractivity contribution in [3.8, 4) is 0 Å². The van der Waals surface area contributed by atoms with Gasteiger partial charge >= 0.3 is 0 Å². The van der Waals surface area contributed by atoms with E-state index in [0.717, 1.165) is 43.9 Å². The van der Waals surface area contributed by atoms with E-state index in [0.29, 0.717) is 13.0 Å². The van der Waals surface area contributed by atoms with Crippen LogP contribution in [-0.4, -0.2) is 38.7 Å². The Morgan fingerprint density at radius 3 is 3.05 bits per heavy atom. The smallest absolute Gasteiger partial charge is 0.222 e. The second kappa shape index (κ2) is 6.14. The van der Waals surface area contributed by atoms with Crippen molar-refractivity contribution in [3.05, 3.63) is 11.6 Å². The average Bonchev–Trinajstić information content (AvgIpc) is 2.93. The van der Waals surface area contributed by atoms with Gasteiger partial charge in [0.25, 0.3) is 0 Å². The van der Waals surface area contributed by atoms with Crippen molar-refractivity contribution < 1.29 is 4.79 Å². The topological polar surface area (TPSA) is 77.0 Å². The predicted octanol–water partition coefficient (Wildman–Crippen LogP) is 0.700. The van der Waals surface area contributed by atoms with Crippen LogP contribution in [-0.2, 0) is 24.3 Å². The van der Waals surface area contributed by atoms with Crippen LogP contribution in [0.15, 0.2) is 0 Å². The highest BCUT2D eigenvalue weighted by Gasteiger charge is 2.19. The summed E-state index contributed by atoms with van der Waals surface area (Å²) in [5, 5.41) is 8.32. The first-order valence-corrected chi connectivity index (χ1v) is 6.98. The van der Waals surface area contributed by atoms with E-state index in [-0.39, 0.29) is 11.9 Å². The molecule has 19 heavy (non-hydrogen) atoms. The van der Waals surface area contributed by atoms with Crippen LogP contribution in [0.3, 0.4) is 0 Å². The van der Waals surface area contributed by atoms with Gasteiger partial charge in [0.15, 0.2) is 5.82 Å². The molecule has 2 N–H and O–H groups in total. The highest BCUT2D eigenvalue weighted by atomic mass is 16.2. The van der Waals surface area contributed by atoms with E-state index in [9.17, 15) is 4.79 Å². The lowest BCUT2D eigenvalue weighted by Gasteiger charge is -2.17. The molecule has 0 saturated heterocycles. The zero-order valence-corrected chi connectivity index (χ0v) is 11.8. The van der Waals surface area contributed by atoms with Gasteiger partial charge in [0.1, 0.15) is 5.82 Å². The normalized spacial score (nSPS) is 15.3. The highest BCUT2D eigenvalue weighted by Crippen LogP contribution is 2.15. The summed E-state index contributed by atoms with van der Waals surface area (Å²) in [5.41, 5.74) is 5.68. The van der Waals surface area contributed by atoms with Gasteiger partial charge in [-0.2, -0.15) is 0 Å². The predicted molar refractivity (Wildman–Crippen MR) is 72.3 cm³/mol. The Balaban J connectivity index is 1.83. The summed E-state index contributed by atoms with van der Waals surface area (Å²) < 4.78 is 2.13. The largest absolute Gasteiger partial charge is 0.338 e. The third kappa shape index (κ3) is 3.53. The van der Waals surface area contributed by atoms with Gasteiger partial charge < -0.3 is 15.2 Å². The maximum atomic E-state index is 12.0. The number of amides is 1. The van der Waals surface area contributed by atoms with Crippen LogP contribution in [0, 0.1) is 0 Å². The first-order valence-electron chi connectivity index (χ1n) is 6.98. The summed E-state index contributed by atoms with van der Waals surface area (Å²) in [7, 11) is 1.82. The number of aryl methyl sites for hydroxylation is 1. The summed E-state index contributed by atoms with van der Waals surface area (Å²) in [6.07, 6.45) is 4.42. The van der Waals surface area contributed by atoms with E-state index in [1.54, 1.807) is 4.90 Å². The van der Waals surface area contributed by atoms with Crippen molar-refractivity contribution >= 4 is 5.91 Å². The van der Waals surface area contributed by atoms with Gasteiger partial charge in [-0.15, -0.1) is 10.2 Å². The molecule has 0 spiro atoms. The third-order valence-corrected chi connectivity index (χ3v) is 3.54. The van der Waals surface area contributed by atoms with E-state index in [1.165, 1.54) is 0 Å². The lowest BCUT2D eigenvalue weighted by atomic mass is 10.1. The molecule has 0 aromatic carbocycles. The first kappa shape index (κ1) is 14.0. The van der Waals surface area contributed by atoms with Crippen molar-refractivity contribution in [1.29, 1.82) is 0 Å². The quantitative estimate of drug-likeness (QED) is 0.821. The van der Waals surface area contributed by atoms with Gasteiger partial charge in [-0.3, -0.25) is 4.79 Å². The third-order valence-electron chi connectivity index (χ3n) is 3.54. The van der Waals surface area contributed by atoms with Crippen molar-refractivity contribution in [3.63, 3.8) is 0 Å². The number of carbonyl (C=O) groups excluding carboxylic acids is 1. The minimum atomic E-state index is 0.149. The molecule has 106 valence electrons. The molecular formula is C13H23N5O. The van der Waals surface area contributed by atoms with Gasteiger partial charge in [0, 0.05) is 32.5 Å². The molecule has 1 aromatic rings. The van der Waals surface area contributed by atoms with E-state index < -0.39 is 0 Å².